The van der Waals surface area contributed by atoms with Crippen LogP contribution in [0.25, 0.3) is 0 Å². The number of nitrogens with one attached hydrogen (secondary N) is 1. The largest absolute Gasteiger partial charge is 0.493 e. The zero-order valence-electron chi connectivity index (χ0n) is 12.7. The average molecular weight is 288 g/mol. The van der Waals surface area contributed by atoms with Gasteiger partial charge in [-0.05, 0) is 38.8 Å². The smallest absolute Gasteiger partial charge is 0.230 e. The summed E-state index contributed by atoms with van der Waals surface area (Å²) < 4.78 is 5.68. The van der Waals surface area contributed by atoms with Gasteiger partial charge < -0.3 is 15.0 Å². The number of para-hydroxylation sites is 1. The van der Waals surface area contributed by atoms with Crippen molar-refractivity contribution >= 4 is 5.91 Å². The molecule has 1 saturated heterocycles. The highest BCUT2D eigenvalue weighted by atomic mass is 16.5. The maximum absolute atomic E-state index is 13.0. The number of carbonyl (C=O) groups excluding carboxylic acids is 1. The number of fused-ring (bicyclic) bond motifs is 1. The highest BCUT2D eigenvalue weighted by Crippen LogP contribution is 2.35. The van der Waals surface area contributed by atoms with E-state index in [4.69, 9.17) is 4.74 Å². The molecule has 2 aliphatic rings. The molecule has 0 radical (unpaired) electrons. The van der Waals surface area contributed by atoms with Gasteiger partial charge in [0, 0.05) is 24.7 Å². The summed E-state index contributed by atoms with van der Waals surface area (Å²) >= 11 is 0. The fourth-order valence-electron chi connectivity index (χ4n) is 3.54. The number of piperidine rings is 1. The zero-order chi connectivity index (χ0) is 14.7. The quantitative estimate of drug-likeness (QED) is 0.926. The molecular weight excluding hydrogens is 264 g/mol. The Kier molecular flexibility index (Phi) is 4.44. The molecule has 2 unspecified atom stereocenters. The highest BCUT2D eigenvalue weighted by Gasteiger charge is 2.34. The van der Waals surface area contributed by atoms with Crippen LogP contribution >= 0.6 is 0 Å². The van der Waals surface area contributed by atoms with Gasteiger partial charge in [0.2, 0.25) is 5.91 Å². The molecule has 4 heteroatoms. The minimum atomic E-state index is -0.0348. The molecular formula is C17H24N2O2. The molecule has 2 heterocycles. The Morgan fingerprint density at radius 1 is 1.33 bits per heavy atom. The van der Waals surface area contributed by atoms with Gasteiger partial charge in [0.05, 0.1) is 12.5 Å². The summed E-state index contributed by atoms with van der Waals surface area (Å²) in [5, 5.41) is 3.23. The fourth-order valence-corrected chi connectivity index (χ4v) is 3.54. The third-order valence-corrected chi connectivity index (χ3v) is 4.61. The number of benzene rings is 1. The Hall–Kier alpha value is -1.55. The zero-order valence-corrected chi connectivity index (χ0v) is 12.7. The molecule has 0 aliphatic carbocycles. The van der Waals surface area contributed by atoms with E-state index in [1.54, 1.807) is 0 Å². The summed E-state index contributed by atoms with van der Waals surface area (Å²) in [6.07, 6.45) is 4.24. The lowest BCUT2D eigenvalue weighted by Crippen LogP contribution is -2.50. The molecule has 0 aromatic heterocycles. The highest BCUT2D eigenvalue weighted by molar-refractivity contribution is 5.85. The summed E-state index contributed by atoms with van der Waals surface area (Å²) in [5.41, 5.74) is 1.06. The molecule has 3 rings (SSSR count). The third-order valence-electron chi connectivity index (χ3n) is 4.61. The molecule has 21 heavy (non-hydrogen) atoms. The number of likely N-dealkylation sites (tertiary alicyclic amines) is 1. The van der Waals surface area contributed by atoms with Crippen molar-refractivity contribution in [3.63, 3.8) is 0 Å². The normalized spacial score (nSPS) is 25.1. The van der Waals surface area contributed by atoms with E-state index in [-0.39, 0.29) is 11.8 Å². The second kappa shape index (κ2) is 6.48. The Morgan fingerprint density at radius 3 is 3.05 bits per heavy atom. The molecule has 1 aromatic rings. The van der Waals surface area contributed by atoms with E-state index < -0.39 is 0 Å². The molecule has 0 bridgehead atoms. The lowest BCUT2D eigenvalue weighted by atomic mass is 9.90. The van der Waals surface area contributed by atoms with Gasteiger partial charge in [-0.1, -0.05) is 18.2 Å². The van der Waals surface area contributed by atoms with Crippen LogP contribution in [0.3, 0.4) is 0 Å². The van der Waals surface area contributed by atoms with Gasteiger partial charge in [-0.2, -0.15) is 0 Å². The van der Waals surface area contributed by atoms with Crippen molar-refractivity contribution in [2.75, 3.05) is 26.7 Å². The van der Waals surface area contributed by atoms with Crippen LogP contribution in [0, 0.1) is 0 Å². The Balaban J connectivity index is 1.81. The maximum atomic E-state index is 13.0. The van der Waals surface area contributed by atoms with Gasteiger partial charge in [0.1, 0.15) is 5.75 Å². The van der Waals surface area contributed by atoms with Crippen LogP contribution in [-0.4, -0.2) is 43.6 Å². The fraction of sp³-hybridized carbons (Fsp3) is 0.588. The monoisotopic (exact) mass is 288 g/mol. The number of rotatable bonds is 3. The molecule has 114 valence electrons. The predicted molar refractivity (Wildman–Crippen MR) is 82.6 cm³/mol. The van der Waals surface area contributed by atoms with Gasteiger partial charge in [0.15, 0.2) is 0 Å². The van der Waals surface area contributed by atoms with Crippen LogP contribution in [0.15, 0.2) is 24.3 Å². The van der Waals surface area contributed by atoms with Crippen molar-refractivity contribution in [2.24, 2.45) is 0 Å². The van der Waals surface area contributed by atoms with E-state index in [1.807, 2.05) is 31.3 Å². The summed E-state index contributed by atoms with van der Waals surface area (Å²) in [5.74, 6) is 1.13. The maximum Gasteiger partial charge on any atom is 0.230 e. The molecule has 0 spiro atoms. The first-order valence-corrected chi connectivity index (χ1v) is 7.98. The summed E-state index contributed by atoms with van der Waals surface area (Å²) in [6, 6.07) is 8.31. The number of nitrogens with zero attached hydrogens (tertiary/aromatic N) is 1. The van der Waals surface area contributed by atoms with Gasteiger partial charge in [-0.25, -0.2) is 0 Å². The lowest BCUT2D eigenvalue weighted by Gasteiger charge is -2.39. The molecule has 4 nitrogen and oxygen atoms in total. The first-order chi connectivity index (χ1) is 10.3. The molecule has 1 amide bonds. The number of hydrogen-bond acceptors (Lipinski definition) is 3. The van der Waals surface area contributed by atoms with E-state index in [9.17, 15) is 4.79 Å². The molecule has 1 aromatic carbocycles. The van der Waals surface area contributed by atoms with E-state index in [0.29, 0.717) is 12.6 Å². The van der Waals surface area contributed by atoms with Crippen molar-refractivity contribution in [1.82, 2.24) is 10.2 Å². The lowest BCUT2D eigenvalue weighted by molar-refractivity contribution is -0.137. The third kappa shape index (κ3) is 2.91. The minimum absolute atomic E-state index is 0.0348. The van der Waals surface area contributed by atoms with Crippen LogP contribution in [0.5, 0.6) is 5.75 Å². The Morgan fingerprint density at radius 2 is 2.19 bits per heavy atom. The topological polar surface area (TPSA) is 41.6 Å². The number of ether oxygens (including phenoxy) is 1. The van der Waals surface area contributed by atoms with Crippen LogP contribution in [0.2, 0.25) is 0 Å². The van der Waals surface area contributed by atoms with E-state index >= 15 is 0 Å². The van der Waals surface area contributed by atoms with Crippen molar-refractivity contribution in [1.29, 1.82) is 0 Å². The van der Waals surface area contributed by atoms with E-state index in [0.717, 1.165) is 43.7 Å². The van der Waals surface area contributed by atoms with E-state index in [1.165, 1.54) is 6.42 Å². The minimum Gasteiger partial charge on any atom is -0.493 e. The second-order valence-electron chi connectivity index (χ2n) is 5.97. The van der Waals surface area contributed by atoms with Crippen molar-refractivity contribution in [2.45, 2.75) is 37.6 Å². The molecule has 2 aliphatic heterocycles. The summed E-state index contributed by atoms with van der Waals surface area (Å²) in [6.45, 7) is 2.42. The van der Waals surface area contributed by atoms with Crippen molar-refractivity contribution < 1.29 is 9.53 Å². The average Bonchev–Trinajstić information content (AvgIpc) is 2.54. The predicted octanol–water partition coefficient (Wildman–Crippen LogP) is 2.15. The SMILES string of the molecule is CNCC1CCCCN1C(=O)C1CCOc2ccccc21. The molecule has 1 fully saturated rings. The Bertz CT molecular complexity index is 501. The Labute approximate surface area is 126 Å². The second-order valence-corrected chi connectivity index (χ2v) is 5.97. The standard InChI is InChI=1S/C17H24N2O2/c1-18-12-13-6-4-5-10-19(13)17(20)15-9-11-21-16-8-3-2-7-14(15)16/h2-3,7-8,13,15,18H,4-6,9-12H2,1H3. The number of amides is 1. The first kappa shape index (κ1) is 14.4. The van der Waals surface area contributed by atoms with Gasteiger partial charge in [0.25, 0.3) is 0 Å². The number of carbonyl (C=O) groups is 1. The van der Waals surface area contributed by atoms with Gasteiger partial charge >= 0.3 is 0 Å². The summed E-state index contributed by atoms with van der Waals surface area (Å²) in [4.78, 5) is 15.1. The van der Waals surface area contributed by atoms with Gasteiger partial charge in [-0.3, -0.25) is 4.79 Å². The van der Waals surface area contributed by atoms with Crippen molar-refractivity contribution in [3.8, 4) is 5.75 Å². The van der Waals surface area contributed by atoms with E-state index in [2.05, 4.69) is 10.2 Å². The van der Waals surface area contributed by atoms with Crippen LogP contribution in [0.1, 0.15) is 37.2 Å². The molecule has 0 saturated carbocycles. The van der Waals surface area contributed by atoms with Gasteiger partial charge in [-0.15, -0.1) is 0 Å². The van der Waals surface area contributed by atoms with Crippen LogP contribution in [-0.2, 0) is 4.79 Å². The first-order valence-electron chi connectivity index (χ1n) is 7.98. The van der Waals surface area contributed by atoms with Crippen molar-refractivity contribution in [3.05, 3.63) is 29.8 Å². The molecule has 2 atom stereocenters. The number of likely N-dealkylation sites (N-methyl/N-ethyl adjacent to an activating group) is 1. The van der Waals surface area contributed by atoms with Crippen LogP contribution < -0.4 is 10.1 Å². The molecule has 1 N–H and O–H groups in total. The van der Waals surface area contributed by atoms with Crippen LogP contribution in [0.4, 0.5) is 0 Å². The summed E-state index contributed by atoms with van der Waals surface area (Å²) in [7, 11) is 1.96. The number of hydrogen-bond donors (Lipinski definition) is 1.